The number of rotatable bonds is 5. The van der Waals surface area contributed by atoms with Gasteiger partial charge >= 0.3 is 6.18 Å². The highest BCUT2D eigenvalue weighted by atomic mass is 35.5. The molecule has 1 aromatic carbocycles. The number of hydrogen-bond acceptors (Lipinski definition) is 7. The number of methoxy groups -OCH3 is 2. The first kappa shape index (κ1) is 20.8. The van der Waals surface area contributed by atoms with Gasteiger partial charge in [-0.1, -0.05) is 35.1 Å². The van der Waals surface area contributed by atoms with E-state index in [0.717, 1.165) is 6.33 Å². The van der Waals surface area contributed by atoms with Crippen LogP contribution in [0.2, 0.25) is 5.02 Å². The maximum atomic E-state index is 13.5. The second-order valence-corrected chi connectivity index (χ2v) is 6.86. The Kier molecular flexibility index (Phi) is 5.89. The summed E-state index contributed by atoms with van der Waals surface area (Å²) in [6.45, 7) is 0. The molecule has 0 unspecified atom stereocenters. The van der Waals surface area contributed by atoms with Crippen LogP contribution in [0.5, 0.6) is 11.8 Å². The molecular formula is C17H12ClF3N4O3S. The summed E-state index contributed by atoms with van der Waals surface area (Å²) in [6, 6.07) is 5.81. The van der Waals surface area contributed by atoms with Crippen LogP contribution in [0.4, 0.5) is 18.3 Å². The summed E-state index contributed by atoms with van der Waals surface area (Å²) >= 11 is 6.47. The number of anilines is 1. The highest BCUT2D eigenvalue weighted by Gasteiger charge is 2.38. The number of alkyl halides is 3. The minimum atomic E-state index is -4.72. The zero-order chi connectivity index (χ0) is 21.2. The van der Waals surface area contributed by atoms with Crippen molar-refractivity contribution in [1.82, 2.24) is 15.0 Å². The molecule has 0 atom stereocenters. The van der Waals surface area contributed by atoms with Crippen LogP contribution in [-0.4, -0.2) is 35.1 Å². The lowest BCUT2D eigenvalue weighted by Gasteiger charge is -2.09. The van der Waals surface area contributed by atoms with Gasteiger partial charge in [0.25, 0.3) is 5.91 Å². The number of nitrogens with one attached hydrogen (secondary N) is 1. The molecule has 0 bridgehead atoms. The van der Waals surface area contributed by atoms with Gasteiger partial charge in [-0.2, -0.15) is 13.2 Å². The van der Waals surface area contributed by atoms with Gasteiger partial charge in [0.1, 0.15) is 6.33 Å². The monoisotopic (exact) mass is 444 g/mol. The Morgan fingerprint density at radius 1 is 1.10 bits per heavy atom. The molecule has 0 saturated carbocycles. The molecule has 3 aromatic rings. The summed E-state index contributed by atoms with van der Waals surface area (Å²) in [5.41, 5.74) is -1.03. The molecule has 29 heavy (non-hydrogen) atoms. The van der Waals surface area contributed by atoms with Crippen LogP contribution in [0.1, 0.15) is 16.1 Å². The molecule has 0 spiro atoms. The van der Waals surface area contributed by atoms with E-state index >= 15 is 0 Å². The summed E-state index contributed by atoms with van der Waals surface area (Å²) in [6.07, 6.45) is -3.60. The lowest BCUT2D eigenvalue weighted by molar-refractivity contribution is -0.140. The number of amides is 1. The predicted molar refractivity (Wildman–Crippen MR) is 101 cm³/mol. The summed E-state index contributed by atoms with van der Waals surface area (Å²) in [5, 5.41) is 2.44. The Labute approximate surface area is 171 Å². The van der Waals surface area contributed by atoms with Crippen molar-refractivity contribution in [1.29, 1.82) is 0 Å². The van der Waals surface area contributed by atoms with E-state index in [2.05, 4.69) is 20.3 Å². The molecule has 0 aliphatic heterocycles. The molecule has 7 nitrogen and oxygen atoms in total. The minimum absolute atomic E-state index is 0.0973. The van der Waals surface area contributed by atoms with E-state index in [1.807, 2.05) is 0 Å². The normalized spacial score (nSPS) is 11.2. The molecule has 0 fully saturated rings. The first-order valence-electron chi connectivity index (χ1n) is 7.83. The Morgan fingerprint density at radius 2 is 1.69 bits per heavy atom. The van der Waals surface area contributed by atoms with Crippen molar-refractivity contribution in [3.8, 4) is 22.2 Å². The van der Waals surface area contributed by atoms with Crippen molar-refractivity contribution in [2.24, 2.45) is 0 Å². The Hall–Kier alpha value is -2.92. The van der Waals surface area contributed by atoms with E-state index < -0.39 is 17.8 Å². The van der Waals surface area contributed by atoms with Gasteiger partial charge < -0.3 is 9.47 Å². The van der Waals surface area contributed by atoms with Crippen molar-refractivity contribution in [3.05, 3.63) is 46.9 Å². The van der Waals surface area contributed by atoms with Gasteiger partial charge in [-0.15, -0.1) is 0 Å². The number of halogens is 4. The zero-order valence-corrected chi connectivity index (χ0v) is 16.4. The van der Waals surface area contributed by atoms with Crippen LogP contribution < -0.4 is 14.8 Å². The Morgan fingerprint density at radius 3 is 2.21 bits per heavy atom. The number of aromatic nitrogens is 3. The maximum absolute atomic E-state index is 13.5. The van der Waals surface area contributed by atoms with Crippen LogP contribution in [-0.2, 0) is 6.18 Å². The fraction of sp³-hybridized carbons (Fsp3) is 0.176. The first-order valence-corrected chi connectivity index (χ1v) is 9.02. The second kappa shape index (κ2) is 8.21. The largest absolute Gasteiger partial charge is 0.480 e. The third-order valence-corrected chi connectivity index (χ3v) is 4.89. The molecule has 2 aromatic heterocycles. The second-order valence-electron chi connectivity index (χ2n) is 5.42. The van der Waals surface area contributed by atoms with E-state index in [4.69, 9.17) is 21.1 Å². The number of benzene rings is 1. The van der Waals surface area contributed by atoms with Crippen LogP contribution in [0.25, 0.3) is 10.4 Å². The van der Waals surface area contributed by atoms with Gasteiger partial charge in [-0.25, -0.2) is 15.0 Å². The van der Waals surface area contributed by atoms with Gasteiger partial charge in [0.2, 0.25) is 11.8 Å². The molecule has 3 rings (SSSR count). The van der Waals surface area contributed by atoms with Gasteiger partial charge in [-0.05, 0) is 17.7 Å². The Balaban J connectivity index is 2.01. The smallest absolute Gasteiger partial charge is 0.434 e. The van der Waals surface area contributed by atoms with E-state index in [9.17, 15) is 18.0 Å². The number of nitrogens with zero attached hydrogens (tertiary/aromatic N) is 3. The minimum Gasteiger partial charge on any atom is -0.480 e. The van der Waals surface area contributed by atoms with E-state index in [1.54, 1.807) is 0 Å². The van der Waals surface area contributed by atoms with Crippen LogP contribution in [0.3, 0.4) is 0 Å². The summed E-state index contributed by atoms with van der Waals surface area (Å²) < 4.78 is 50.4. The summed E-state index contributed by atoms with van der Waals surface area (Å²) in [7, 11) is 2.56. The van der Waals surface area contributed by atoms with E-state index in [0.29, 0.717) is 16.4 Å². The molecular weight excluding hydrogens is 433 g/mol. The molecule has 12 heteroatoms. The molecule has 152 valence electrons. The highest BCUT2D eigenvalue weighted by Crippen LogP contribution is 2.42. The van der Waals surface area contributed by atoms with Crippen LogP contribution >= 0.6 is 22.9 Å². The van der Waals surface area contributed by atoms with Gasteiger partial charge in [-0.3, -0.25) is 10.1 Å². The van der Waals surface area contributed by atoms with Crippen molar-refractivity contribution < 1.29 is 27.4 Å². The number of thiazole rings is 1. The highest BCUT2D eigenvalue weighted by molar-refractivity contribution is 7.19. The number of carbonyl (C=O) groups is 1. The average molecular weight is 445 g/mol. The molecule has 0 radical (unpaired) electrons. The van der Waals surface area contributed by atoms with Crippen molar-refractivity contribution >= 4 is 34.0 Å². The molecule has 0 aliphatic carbocycles. The lowest BCUT2D eigenvalue weighted by atomic mass is 10.1. The number of carbonyl (C=O) groups excluding carboxylic acids is 1. The number of hydrogen-bond donors (Lipinski definition) is 1. The molecule has 1 N–H and O–H groups in total. The maximum Gasteiger partial charge on any atom is 0.434 e. The molecule has 0 aliphatic rings. The molecule has 1 amide bonds. The van der Waals surface area contributed by atoms with Crippen molar-refractivity contribution in [2.75, 3.05) is 19.5 Å². The van der Waals surface area contributed by atoms with E-state index in [1.165, 1.54) is 38.5 Å². The SMILES string of the molecule is COc1ncnc(OC)c1C(=O)Nc1nc(C(F)(F)F)c(-c2ccc(Cl)cc2)s1. The standard InChI is InChI=1S/C17H12ClF3N4O3S/c1-27-14-10(15(28-2)23-7-22-14)13(26)25-16-24-12(17(19,20)21)11(29-16)8-3-5-9(18)6-4-8/h3-7H,1-2H3,(H,24,25,26). The first-order chi connectivity index (χ1) is 13.7. The number of ether oxygens (including phenoxy) is 2. The van der Waals surface area contributed by atoms with Crippen molar-refractivity contribution in [3.63, 3.8) is 0 Å². The lowest BCUT2D eigenvalue weighted by Crippen LogP contribution is -2.16. The zero-order valence-electron chi connectivity index (χ0n) is 14.9. The Bertz CT molecular complexity index is 1020. The van der Waals surface area contributed by atoms with E-state index in [-0.39, 0.29) is 32.9 Å². The summed E-state index contributed by atoms with van der Waals surface area (Å²) in [4.78, 5) is 23.7. The predicted octanol–water partition coefficient (Wildman–Crippen LogP) is 4.54. The average Bonchev–Trinajstić information content (AvgIpc) is 3.12. The van der Waals surface area contributed by atoms with Gasteiger partial charge in [0.15, 0.2) is 16.4 Å². The molecule has 2 heterocycles. The third-order valence-electron chi connectivity index (χ3n) is 3.61. The van der Waals surface area contributed by atoms with Crippen molar-refractivity contribution in [2.45, 2.75) is 6.18 Å². The molecule has 0 saturated heterocycles. The quantitative estimate of drug-likeness (QED) is 0.621. The third kappa shape index (κ3) is 4.40. The fourth-order valence-corrected chi connectivity index (χ4v) is 3.49. The van der Waals surface area contributed by atoms with Gasteiger partial charge in [0, 0.05) is 5.02 Å². The van der Waals surface area contributed by atoms with Crippen LogP contribution in [0, 0.1) is 0 Å². The fourth-order valence-electron chi connectivity index (χ4n) is 2.38. The topological polar surface area (TPSA) is 86.2 Å². The summed E-state index contributed by atoms with van der Waals surface area (Å²) in [5.74, 6) is -1.02. The van der Waals surface area contributed by atoms with Gasteiger partial charge in [0.05, 0.1) is 19.1 Å². The van der Waals surface area contributed by atoms with Crippen LogP contribution in [0.15, 0.2) is 30.6 Å².